The Morgan fingerprint density at radius 1 is 1.32 bits per heavy atom. The topological polar surface area (TPSA) is 23.5 Å². The second-order valence-electron chi connectivity index (χ2n) is 6.00. The molecule has 1 N–H and O–H groups in total. The molecule has 0 aromatic heterocycles. The third kappa shape index (κ3) is 4.22. The highest BCUT2D eigenvalue weighted by Gasteiger charge is 2.19. The maximum absolute atomic E-state index is 9.53. The molecule has 19 heavy (non-hydrogen) atoms. The van der Waals surface area contributed by atoms with Gasteiger partial charge in [-0.1, -0.05) is 19.9 Å². The average molecular weight is 326 g/mol. The summed E-state index contributed by atoms with van der Waals surface area (Å²) in [5, 5.41) is 9.53. The Morgan fingerprint density at radius 2 is 2.11 bits per heavy atom. The van der Waals surface area contributed by atoms with E-state index < -0.39 is 0 Å². The van der Waals surface area contributed by atoms with Crippen molar-refractivity contribution in [3.8, 4) is 5.75 Å². The fourth-order valence-corrected chi connectivity index (χ4v) is 3.34. The van der Waals surface area contributed by atoms with Gasteiger partial charge in [-0.25, -0.2) is 0 Å². The van der Waals surface area contributed by atoms with Gasteiger partial charge in [0.25, 0.3) is 0 Å². The summed E-state index contributed by atoms with van der Waals surface area (Å²) in [5.74, 6) is 2.01. The Hall–Kier alpha value is -0.540. The molecule has 2 nitrogen and oxygen atoms in total. The van der Waals surface area contributed by atoms with Gasteiger partial charge in [-0.3, -0.25) is 4.90 Å². The predicted molar refractivity (Wildman–Crippen MR) is 83.3 cm³/mol. The molecule has 0 aliphatic carbocycles. The second kappa shape index (κ2) is 6.76. The van der Waals surface area contributed by atoms with Gasteiger partial charge in [0.1, 0.15) is 5.75 Å². The molecule has 1 aliphatic heterocycles. The average Bonchev–Trinajstić information content (AvgIpc) is 2.59. The molecule has 1 aromatic carbocycles. The van der Waals surface area contributed by atoms with Crippen molar-refractivity contribution >= 4 is 15.9 Å². The van der Waals surface area contributed by atoms with E-state index in [1.165, 1.54) is 37.9 Å². The Labute approximate surface area is 124 Å². The number of phenols is 1. The zero-order valence-corrected chi connectivity index (χ0v) is 13.5. The Balaban J connectivity index is 1.94. The molecule has 0 radical (unpaired) electrons. The van der Waals surface area contributed by atoms with E-state index in [0.29, 0.717) is 5.75 Å². The standard InChI is InChI=1S/C16H24BrNO/c1-12(2)14-4-3-8-18(9-7-14)11-13-5-6-16(19)15(17)10-13/h5-6,10,12,14,19H,3-4,7-9,11H2,1-2H3. The number of phenolic OH excluding ortho intramolecular Hbond substituents is 1. The monoisotopic (exact) mass is 325 g/mol. The lowest BCUT2D eigenvalue weighted by Crippen LogP contribution is -2.24. The summed E-state index contributed by atoms with van der Waals surface area (Å²) in [4.78, 5) is 2.54. The molecule has 2 rings (SSSR count). The molecule has 0 bridgehead atoms. The predicted octanol–water partition coefficient (Wildman–Crippen LogP) is 4.41. The van der Waals surface area contributed by atoms with Gasteiger partial charge >= 0.3 is 0 Å². The van der Waals surface area contributed by atoms with Crippen LogP contribution in [0.15, 0.2) is 22.7 Å². The summed E-state index contributed by atoms with van der Waals surface area (Å²) in [6, 6.07) is 5.82. The second-order valence-corrected chi connectivity index (χ2v) is 6.85. The normalized spacial score (nSPS) is 21.6. The van der Waals surface area contributed by atoms with Gasteiger partial charge in [0.2, 0.25) is 0 Å². The summed E-state index contributed by atoms with van der Waals surface area (Å²) in [5.41, 5.74) is 1.27. The highest BCUT2D eigenvalue weighted by molar-refractivity contribution is 9.10. The highest BCUT2D eigenvalue weighted by atomic mass is 79.9. The molecular formula is C16H24BrNO. The molecule has 1 aliphatic rings. The van der Waals surface area contributed by atoms with Crippen molar-refractivity contribution in [3.05, 3.63) is 28.2 Å². The largest absolute Gasteiger partial charge is 0.507 e. The van der Waals surface area contributed by atoms with Crippen LogP contribution in [0.1, 0.15) is 38.7 Å². The van der Waals surface area contributed by atoms with Crippen molar-refractivity contribution in [1.29, 1.82) is 0 Å². The summed E-state index contributed by atoms with van der Waals surface area (Å²) in [6.07, 6.45) is 3.99. The molecular weight excluding hydrogens is 302 g/mol. The van der Waals surface area contributed by atoms with E-state index in [-0.39, 0.29) is 0 Å². The minimum Gasteiger partial charge on any atom is -0.507 e. The van der Waals surface area contributed by atoms with Crippen molar-refractivity contribution < 1.29 is 5.11 Å². The van der Waals surface area contributed by atoms with E-state index in [1.54, 1.807) is 6.07 Å². The van der Waals surface area contributed by atoms with Gasteiger partial charge in [0, 0.05) is 6.54 Å². The Bertz CT molecular complexity index is 419. The van der Waals surface area contributed by atoms with Crippen molar-refractivity contribution in [2.24, 2.45) is 11.8 Å². The molecule has 1 heterocycles. The van der Waals surface area contributed by atoms with Gasteiger partial charge in [0.05, 0.1) is 4.47 Å². The molecule has 1 saturated heterocycles. The van der Waals surface area contributed by atoms with E-state index in [0.717, 1.165) is 22.9 Å². The van der Waals surface area contributed by atoms with Gasteiger partial charge in [-0.2, -0.15) is 0 Å². The molecule has 0 spiro atoms. The van der Waals surface area contributed by atoms with Gasteiger partial charge in [0.15, 0.2) is 0 Å². The first-order chi connectivity index (χ1) is 9.06. The molecule has 0 saturated carbocycles. The number of rotatable bonds is 3. The number of benzene rings is 1. The van der Waals surface area contributed by atoms with Crippen LogP contribution in [-0.4, -0.2) is 23.1 Å². The smallest absolute Gasteiger partial charge is 0.129 e. The van der Waals surface area contributed by atoms with Crippen LogP contribution in [0.25, 0.3) is 0 Å². The maximum Gasteiger partial charge on any atom is 0.129 e. The van der Waals surface area contributed by atoms with Gasteiger partial charge in [-0.05, 0) is 77.8 Å². The van der Waals surface area contributed by atoms with Gasteiger partial charge in [-0.15, -0.1) is 0 Å². The highest BCUT2D eigenvalue weighted by Crippen LogP contribution is 2.27. The maximum atomic E-state index is 9.53. The summed E-state index contributed by atoms with van der Waals surface area (Å²) in [7, 11) is 0. The van der Waals surface area contributed by atoms with Gasteiger partial charge < -0.3 is 5.11 Å². The van der Waals surface area contributed by atoms with Crippen LogP contribution in [-0.2, 0) is 6.54 Å². The summed E-state index contributed by atoms with van der Waals surface area (Å²) < 4.78 is 0.792. The number of hydrogen-bond donors (Lipinski definition) is 1. The lowest BCUT2D eigenvalue weighted by atomic mass is 9.89. The number of nitrogens with zero attached hydrogens (tertiary/aromatic N) is 1. The minimum absolute atomic E-state index is 0.319. The third-order valence-electron chi connectivity index (χ3n) is 4.23. The zero-order valence-electron chi connectivity index (χ0n) is 11.9. The lowest BCUT2D eigenvalue weighted by Gasteiger charge is -2.21. The fourth-order valence-electron chi connectivity index (χ4n) is 2.91. The van der Waals surface area contributed by atoms with E-state index >= 15 is 0 Å². The number of likely N-dealkylation sites (tertiary alicyclic amines) is 1. The number of aromatic hydroxyl groups is 1. The first-order valence-corrected chi connectivity index (χ1v) is 8.05. The van der Waals surface area contributed by atoms with E-state index in [9.17, 15) is 5.11 Å². The van der Waals surface area contributed by atoms with Crippen molar-refractivity contribution in [1.82, 2.24) is 4.90 Å². The van der Waals surface area contributed by atoms with Crippen molar-refractivity contribution in [2.75, 3.05) is 13.1 Å². The van der Waals surface area contributed by atoms with Crippen LogP contribution in [0, 0.1) is 11.8 Å². The zero-order chi connectivity index (χ0) is 13.8. The first-order valence-electron chi connectivity index (χ1n) is 7.26. The van der Waals surface area contributed by atoms with Crippen LogP contribution in [0.2, 0.25) is 0 Å². The molecule has 106 valence electrons. The molecule has 1 unspecified atom stereocenters. The fraction of sp³-hybridized carbons (Fsp3) is 0.625. The van der Waals surface area contributed by atoms with E-state index in [2.05, 4.69) is 34.7 Å². The lowest BCUT2D eigenvalue weighted by molar-refractivity contribution is 0.264. The molecule has 1 fully saturated rings. The quantitative estimate of drug-likeness (QED) is 0.889. The van der Waals surface area contributed by atoms with Crippen LogP contribution in [0.3, 0.4) is 0 Å². The Kier molecular flexibility index (Phi) is 5.28. The minimum atomic E-state index is 0.319. The van der Waals surface area contributed by atoms with E-state index in [1.807, 2.05) is 12.1 Å². The van der Waals surface area contributed by atoms with Crippen LogP contribution in [0.5, 0.6) is 5.75 Å². The number of halogens is 1. The summed E-state index contributed by atoms with van der Waals surface area (Å²) in [6.45, 7) is 8.07. The first kappa shape index (κ1) is 14.9. The molecule has 3 heteroatoms. The van der Waals surface area contributed by atoms with Crippen molar-refractivity contribution in [2.45, 2.75) is 39.7 Å². The third-order valence-corrected chi connectivity index (χ3v) is 4.86. The van der Waals surface area contributed by atoms with Crippen LogP contribution >= 0.6 is 15.9 Å². The SMILES string of the molecule is CC(C)C1CCCN(Cc2ccc(O)c(Br)c2)CC1. The summed E-state index contributed by atoms with van der Waals surface area (Å²) >= 11 is 3.39. The number of hydrogen-bond acceptors (Lipinski definition) is 2. The van der Waals surface area contributed by atoms with E-state index in [4.69, 9.17) is 0 Å². The van der Waals surface area contributed by atoms with Crippen LogP contribution in [0.4, 0.5) is 0 Å². The molecule has 1 aromatic rings. The molecule has 0 amide bonds. The van der Waals surface area contributed by atoms with Crippen molar-refractivity contribution in [3.63, 3.8) is 0 Å². The molecule has 1 atom stereocenters. The van der Waals surface area contributed by atoms with Crippen LogP contribution < -0.4 is 0 Å². The Morgan fingerprint density at radius 3 is 2.79 bits per heavy atom.